The number of nitrogens with one attached hydrogen (secondary N) is 2. The van der Waals surface area contributed by atoms with E-state index in [1.165, 1.54) is 0 Å². The average Bonchev–Trinajstić information content (AvgIpc) is 3.35. The van der Waals surface area contributed by atoms with Gasteiger partial charge in [-0.25, -0.2) is 22.8 Å². The van der Waals surface area contributed by atoms with Crippen molar-refractivity contribution in [2.24, 2.45) is 16.5 Å². The van der Waals surface area contributed by atoms with Gasteiger partial charge in [0.25, 0.3) is 0 Å². The third kappa shape index (κ3) is 7.66. The maximum atomic E-state index is 13.9. The van der Waals surface area contributed by atoms with Crippen LogP contribution in [0.5, 0.6) is 5.75 Å². The number of rotatable bonds is 12. The van der Waals surface area contributed by atoms with E-state index in [9.17, 15) is 36.3 Å². The van der Waals surface area contributed by atoms with Gasteiger partial charge in [0.05, 0.1) is 0 Å². The van der Waals surface area contributed by atoms with Crippen LogP contribution in [0, 0.1) is 29.1 Å². The van der Waals surface area contributed by atoms with Gasteiger partial charge < -0.3 is 31.6 Å². The molecule has 1 aliphatic carbocycles. The van der Waals surface area contributed by atoms with E-state index >= 15 is 0 Å². The molecule has 15 heteroatoms. The molecule has 3 aromatic carbocycles. The highest BCUT2D eigenvalue weighted by Crippen LogP contribution is 2.44. The zero-order chi connectivity index (χ0) is 32.7. The smallest absolute Gasteiger partial charge is 0.407 e. The van der Waals surface area contributed by atoms with Crippen LogP contribution < -0.4 is 26.8 Å². The Kier molecular flexibility index (Phi) is 10.5. The molecular weight excluding hydrogens is 605 g/mol. The van der Waals surface area contributed by atoms with E-state index in [0.29, 0.717) is 12.8 Å². The standard InChI is InChI=1S/C30H28F5N5O5/c31-22-23(32)25(34)27(26(35)24(22)33)45-21(41)13-39-28(42)20(11-5-6-12-38-29(36)37)40-30(43)44-14-19-17-9-3-1-7-15(17)16-8-2-4-10-18(16)19/h1-4,7-10,19-20H,5-6,11-14H2,(H,39,42)(H,40,43)(H4,36,37,38)/t20-/m0/s1. The Hall–Kier alpha value is -5.21. The van der Waals surface area contributed by atoms with Gasteiger partial charge in [-0.1, -0.05) is 48.5 Å². The molecule has 238 valence electrons. The summed E-state index contributed by atoms with van der Waals surface area (Å²) in [5.41, 5.74) is 14.6. The lowest BCUT2D eigenvalue weighted by Crippen LogP contribution is -2.48. The van der Waals surface area contributed by atoms with Crippen molar-refractivity contribution in [1.82, 2.24) is 10.6 Å². The number of guanidine groups is 1. The highest BCUT2D eigenvalue weighted by atomic mass is 19.2. The number of nitrogens with zero attached hydrogens (tertiary/aromatic N) is 1. The number of amides is 2. The lowest BCUT2D eigenvalue weighted by atomic mass is 9.98. The van der Waals surface area contributed by atoms with Crippen LogP contribution in [0.1, 0.15) is 36.3 Å². The molecule has 0 spiro atoms. The molecular formula is C30H28F5N5O5. The van der Waals surface area contributed by atoms with Crippen molar-refractivity contribution >= 4 is 23.9 Å². The van der Waals surface area contributed by atoms with Crippen LogP contribution in [0.15, 0.2) is 53.5 Å². The van der Waals surface area contributed by atoms with E-state index in [2.05, 4.69) is 20.4 Å². The summed E-state index contributed by atoms with van der Waals surface area (Å²) < 4.78 is 77.6. The van der Waals surface area contributed by atoms with E-state index in [1.54, 1.807) is 0 Å². The Bertz CT molecular complexity index is 1560. The Balaban J connectivity index is 1.38. The number of esters is 1. The van der Waals surface area contributed by atoms with Crippen LogP contribution in [0.2, 0.25) is 0 Å². The fraction of sp³-hybridized carbons (Fsp3) is 0.267. The first kappa shape index (κ1) is 32.7. The minimum Gasteiger partial charge on any atom is -0.449 e. The van der Waals surface area contributed by atoms with E-state index in [0.717, 1.165) is 22.3 Å². The molecule has 0 aliphatic heterocycles. The van der Waals surface area contributed by atoms with Crippen LogP contribution in [0.25, 0.3) is 11.1 Å². The summed E-state index contributed by atoms with van der Waals surface area (Å²) in [5, 5.41) is 4.54. The van der Waals surface area contributed by atoms with E-state index in [4.69, 9.17) is 16.2 Å². The molecule has 0 heterocycles. The predicted octanol–water partition coefficient (Wildman–Crippen LogP) is 3.75. The van der Waals surface area contributed by atoms with Gasteiger partial charge in [-0.3, -0.25) is 9.79 Å². The second-order valence-corrected chi connectivity index (χ2v) is 9.92. The molecule has 0 aromatic heterocycles. The minimum atomic E-state index is -2.43. The van der Waals surface area contributed by atoms with Gasteiger partial charge in [0.2, 0.25) is 40.7 Å². The van der Waals surface area contributed by atoms with Crippen molar-refractivity contribution in [3.05, 3.63) is 88.7 Å². The molecule has 2 amide bonds. The van der Waals surface area contributed by atoms with Crippen molar-refractivity contribution in [2.75, 3.05) is 19.7 Å². The second-order valence-electron chi connectivity index (χ2n) is 9.92. The van der Waals surface area contributed by atoms with Gasteiger partial charge in [0.15, 0.2) is 5.96 Å². The number of hydrogen-bond donors (Lipinski definition) is 4. The quantitative estimate of drug-likeness (QED) is 0.0346. The molecule has 0 radical (unpaired) electrons. The summed E-state index contributed by atoms with van der Waals surface area (Å²) in [5.74, 6) is -16.4. The van der Waals surface area contributed by atoms with E-state index in [-0.39, 0.29) is 31.4 Å². The number of fused-ring (bicyclic) bond motifs is 3. The Labute approximate surface area is 253 Å². The van der Waals surface area contributed by atoms with Gasteiger partial charge in [0.1, 0.15) is 19.2 Å². The Morgan fingerprint density at radius 2 is 1.38 bits per heavy atom. The number of nitrogens with two attached hydrogens (primary N) is 2. The van der Waals surface area contributed by atoms with E-state index < -0.39 is 65.4 Å². The fourth-order valence-electron chi connectivity index (χ4n) is 4.83. The molecule has 0 bridgehead atoms. The van der Waals surface area contributed by atoms with Crippen LogP contribution in [0.3, 0.4) is 0 Å². The Morgan fingerprint density at radius 3 is 1.96 bits per heavy atom. The summed E-state index contributed by atoms with van der Waals surface area (Å²) >= 11 is 0. The molecule has 4 rings (SSSR count). The number of alkyl carbamates (subject to hydrolysis) is 1. The summed E-state index contributed by atoms with van der Waals surface area (Å²) in [6.45, 7) is -0.849. The number of hydrogen-bond acceptors (Lipinski definition) is 6. The van der Waals surface area contributed by atoms with E-state index in [1.807, 2.05) is 48.5 Å². The van der Waals surface area contributed by atoms with Crippen molar-refractivity contribution in [3.8, 4) is 16.9 Å². The molecule has 1 aliphatic rings. The molecule has 0 unspecified atom stereocenters. The molecule has 6 N–H and O–H groups in total. The van der Waals surface area contributed by atoms with Crippen LogP contribution in [-0.4, -0.2) is 49.7 Å². The van der Waals surface area contributed by atoms with Gasteiger partial charge >= 0.3 is 12.1 Å². The minimum absolute atomic E-state index is 0.0305. The number of benzene rings is 3. The maximum absolute atomic E-state index is 13.9. The van der Waals surface area contributed by atoms with Gasteiger partial charge in [-0.05, 0) is 41.5 Å². The average molecular weight is 634 g/mol. The number of halogens is 5. The Morgan fingerprint density at radius 1 is 0.822 bits per heavy atom. The van der Waals surface area contributed by atoms with Crippen molar-refractivity contribution < 1.29 is 45.8 Å². The summed E-state index contributed by atoms with van der Waals surface area (Å²) in [4.78, 5) is 41.7. The molecule has 0 saturated heterocycles. The lowest BCUT2D eigenvalue weighted by molar-refractivity contribution is -0.136. The number of carbonyl (C=O) groups is 3. The number of carbonyl (C=O) groups excluding carboxylic acids is 3. The monoisotopic (exact) mass is 633 g/mol. The van der Waals surface area contributed by atoms with Crippen molar-refractivity contribution in [1.29, 1.82) is 0 Å². The largest absolute Gasteiger partial charge is 0.449 e. The SMILES string of the molecule is NC(N)=NCCCC[C@H](NC(=O)OCC1c2ccccc2-c2ccccc21)C(=O)NCC(=O)Oc1c(F)c(F)c(F)c(F)c1F. The topological polar surface area (TPSA) is 158 Å². The van der Waals surface area contributed by atoms with Crippen LogP contribution >= 0.6 is 0 Å². The predicted molar refractivity (Wildman–Crippen MR) is 151 cm³/mol. The summed E-state index contributed by atoms with van der Waals surface area (Å²) in [6.07, 6.45) is -0.169. The number of unbranched alkanes of at least 4 members (excludes halogenated alkanes) is 1. The van der Waals surface area contributed by atoms with Crippen LogP contribution in [0.4, 0.5) is 26.7 Å². The normalized spacial score (nSPS) is 12.5. The summed E-state index contributed by atoms with van der Waals surface area (Å²) in [6, 6.07) is 14.1. The van der Waals surface area contributed by atoms with Gasteiger partial charge in [-0.15, -0.1) is 0 Å². The molecule has 10 nitrogen and oxygen atoms in total. The molecule has 0 saturated carbocycles. The van der Waals surface area contributed by atoms with Gasteiger partial charge in [-0.2, -0.15) is 8.78 Å². The number of ether oxygens (including phenoxy) is 2. The number of aliphatic imine (C=N–C) groups is 1. The van der Waals surface area contributed by atoms with Crippen molar-refractivity contribution in [3.63, 3.8) is 0 Å². The first-order chi connectivity index (χ1) is 21.5. The molecule has 1 atom stereocenters. The highest BCUT2D eigenvalue weighted by Gasteiger charge is 2.31. The third-order valence-corrected chi connectivity index (χ3v) is 6.94. The lowest BCUT2D eigenvalue weighted by Gasteiger charge is -2.19. The highest BCUT2D eigenvalue weighted by molar-refractivity contribution is 5.88. The molecule has 3 aromatic rings. The van der Waals surface area contributed by atoms with Crippen molar-refractivity contribution in [2.45, 2.75) is 31.2 Å². The summed E-state index contributed by atoms with van der Waals surface area (Å²) in [7, 11) is 0. The zero-order valence-corrected chi connectivity index (χ0v) is 23.5. The zero-order valence-electron chi connectivity index (χ0n) is 23.5. The molecule has 45 heavy (non-hydrogen) atoms. The third-order valence-electron chi connectivity index (χ3n) is 6.94. The molecule has 0 fully saturated rings. The first-order valence-electron chi connectivity index (χ1n) is 13.7. The maximum Gasteiger partial charge on any atom is 0.407 e. The second kappa shape index (κ2) is 14.5. The van der Waals surface area contributed by atoms with Gasteiger partial charge in [0, 0.05) is 12.5 Å². The van der Waals surface area contributed by atoms with Crippen LogP contribution in [-0.2, 0) is 14.3 Å². The first-order valence-corrected chi connectivity index (χ1v) is 13.7. The fourth-order valence-corrected chi connectivity index (χ4v) is 4.83.